The summed E-state index contributed by atoms with van der Waals surface area (Å²) in [6, 6.07) is 1.70. The fraction of sp³-hybridized carbons (Fsp3) is 0.538. The first-order chi connectivity index (χ1) is 8.38. The molecule has 0 N–H and O–H groups in total. The van der Waals surface area contributed by atoms with Crippen LogP contribution in [0.5, 0.6) is 0 Å². The first-order valence-corrected chi connectivity index (χ1v) is 7.10. The van der Waals surface area contributed by atoms with E-state index in [0.29, 0.717) is 11.5 Å². The Labute approximate surface area is 110 Å². The van der Waals surface area contributed by atoms with Gasteiger partial charge < -0.3 is 4.55 Å². The Balaban J connectivity index is 2.17. The summed E-state index contributed by atoms with van der Waals surface area (Å²) in [7, 11) is 0. The second kappa shape index (κ2) is 4.97. The van der Waals surface area contributed by atoms with Crippen LogP contribution in [0.3, 0.4) is 0 Å². The zero-order valence-corrected chi connectivity index (χ0v) is 11.6. The van der Waals surface area contributed by atoms with E-state index < -0.39 is 21.9 Å². The minimum Gasteiger partial charge on any atom is -0.591 e. The lowest BCUT2D eigenvalue weighted by molar-refractivity contribution is 0.561. The van der Waals surface area contributed by atoms with Crippen LogP contribution in [0.2, 0.25) is 0 Å². The van der Waals surface area contributed by atoms with Crippen molar-refractivity contribution >= 4 is 17.6 Å². The first-order valence-electron chi connectivity index (χ1n) is 5.99. The largest absolute Gasteiger partial charge is 0.591 e. The van der Waals surface area contributed by atoms with Gasteiger partial charge in [-0.25, -0.2) is 4.39 Å². The van der Waals surface area contributed by atoms with E-state index in [9.17, 15) is 8.94 Å². The molecule has 3 nitrogen and oxygen atoms in total. The summed E-state index contributed by atoms with van der Waals surface area (Å²) in [5, 5.41) is 0. The summed E-state index contributed by atoms with van der Waals surface area (Å²) < 4.78 is 28.8. The van der Waals surface area contributed by atoms with Gasteiger partial charge in [-0.1, -0.05) is 4.40 Å². The Hall–Kier alpha value is -0.940. The highest BCUT2D eigenvalue weighted by atomic mass is 32.2. The summed E-state index contributed by atoms with van der Waals surface area (Å²) in [5.41, 5.74) is 1.27. The van der Waals surface area contributed by atoms with E-state index in [1.165, 1.54) is 12.4 Å². The summed E-state index contributed by atoms with van der Waals surface area (Å²) in [6.45, 7) is 5.50. The highest BCUT2D eigenvalue weighted by Crippen LogP contribution is 2.39. The van der Waals surface area contributed by atoms with E-state index in [4.69, 9.17) is 0 Å². The van der Waals surface area contributed by atoms with Gasteiger partial charge in [-0.2, -0.15) is 0 Å². The van der Waals surface area contributed by atoms with Crippen LogP contribution in [0.4, 0.5) is 4.39 Å². The standard InChI is InChI=1S/C13H17FN2OS/c1-13(2,3)18(17)16-7-10-6-12(9-4-5-9)15-8-11(10)14/h6-9H,4-5H2,1-3H3/b16-7-. The summed E-state index contributed by atoms with van der Waals surface area (Å²) in [5.74, 6) is 0.0416. The highest BCUT2D eigenvalue weighted by Gasteiger charge is 2.27. The van der Waals surface area contributed by atoms with Gasteiger partial charge in [0.15, 0.2) is 0 Å². The van der Waals surface area contributed by atoms with Gasteiger partial charge >= 0.3 is 0 Å². The Bertz CT molecular complexity index is 467. The Kier molecular flexibility index (Phi) is 3.73. The SMILES string of the molecule is CC(C)(C)[S+]([O-])/N=C\c1cc(C2CC2)ncc1F. The van der Waals surface area contributed by atoms with Crippen LogP contribution in [0, 0.1) is 5.82 Å². The van der Waals surface area contributed by atoms with Crippen molar-refractivity contribution < 1.29 is 8.94 Å². The van der Waals surface area contributed by atoms with Gasteiger partial charge in [-0.05, 0) is 39.7 Å². The fourth-order valence-electron chi connectivity index (χ4n) is 1.44. The van der Waals surface area contributed by atoms with Crippen molar-refractivity contribution in [3.05, 3.63) is 29.3 Å². The van der Waals surface area contributed by atoms with Crippen molar-refractivity contribution in [2.75, 3.05) is 0 Å². The molecule has 1 aromatic heterocycles. The molecule has 0 spiro atoms. The molecule has 18 heavy (non-hydrogen) atoms. The van der Waals surface area contributed by atoms with E-state index in [-0.39, 0.29) is 0 Å². The van der Waals surface area contributed by atoms with Crippen molar-refractivity contribution in [1.82, 2.24) is 4.98 Å². The van der Waals surface area contributed by atoms with Crippen LogP contribution in [-0.4, -0.2) is 20.5 Å². The average Bonchev–Trinajstić information content (AvgIpc) is 3.10. The molecule has 1 saturated carbocycles. The van der Waals surface area contributed by atoms with Crippen LogP contribution in [0.15, 0.2) is 16.7 Å². The van der Waals surface area contributed by atoms with Gasteiger partial charge in [-0.3, -0.25) is 4.98 Å². The third-order valence-electron chi connectivity index (χ3n) is 2.71. The minimum absolute atomic E-state index is 0.365. The maximum atomic E-state index is 13.5. The van der Waals surface area contributed by atoms with Crippen molar-refractivity contribution in [1.29, 1.82) is 0 Å². The molecule has 1 aliphatic rings. The third kappa shape index (κ3) is 3.29. The molecular weight excluding hydrogens is 251 g/mol. The molecule has 1 fully saturated rings. The molecule has 0 aliphatic heterocycles. The molecule has 0 radical (unpaired) electrons. The Morgan fingerprint density at radius 3 is 2.72 bits per heavy atom. The normalized spacial score (nSPS) is 18.3. The smallest absolute Gasteiger partial charge is 0.150 e. The van der Waals surface area contributed by atoms with Crippen LogP contribution >= 0.6 is 0 Å². The van der Waals surface area contributed by atoms with Crippen LogP contribution < -0.4 is 0 Å². The molecule has 2 rings (SSSR count). The summed E-state index contributed by atoms with van der Waals surface area (Å²) in [6.07, 6.45) is 4.80. The topological polar surface area (TPSA) is 48.3 Å². The number of halogens is 1. The van der Waals surface area contributed by atoms with Crippen molar-refractivity contribution in [3.63, 3.8) is 0 Å². The van der Waals surface area contributed by atoms with E-state index in [2.05, 4.69) is 9.38 Å². The highest BCUT2D eigenvalue weighted by molar-refractivity contribution is 7.91. The van der Waals surface area contributed by atoms with E-state index in [1.54, 1.807) is 6.07 Å². The van der Waals surface area contributed by atoms with Gasteiger partial charge in [0.25, 0.3) is 0 Å². The molecule has 0 bridgehead atoms. The molecule has 5 heteroatoms. The molecule has 1 unspecified atom stereocenters. The predicted molar refractivity (Wildman–Crippen MR) is 71.7 cm³/mol. The monoisotopic (exact) mass is 268 g/mol. The molecule has 1 aromatic rings. The van der Waals surface area contributed by atoms with E-state index >= 15 is 0 Å². The zero-order chi connectivity index (χ0) is 13.3. The van der Waals surface area contributed by atoms with Gasteiger partial charge in [0.2, 0.25) is 0 Å². The maximum Gasteiger partial charge on any atom is 0.150 e. The number of nitrogens with zero attached hydrogens (tertiary/aromatic N) is 2. The van der Waals surface area contributed by atoms with Crippen molar-refractivity contribution in [2.24, 2.45) is 4.40 Å². The van der Waals surface area contributed by atoms with Crippen molar-refractivity contribution in [2.45, 2.75) is 44.3 Å². The lowest BCUT2D eigenvalue weighted by Crippen LogP contribution is -2.25. The lowest BCUT2D eigenvalue weighted by atomic mass is 10.2. The fourth-order valence-corrected chi connectivity index (χ4v) is 1.96. The van der Waals surface area contributed by atoms with E-state index in [0.717, 1.165) is 18.5 Å². The molecule has 1 aliphatic carbocycles. The molecule has 1 atom stereocenters. The molecule has 1 heterocycles. The predicted octanol–water partition coefficient (Wildman–Crippen LogP) is 2.98. The second-order valence-corrected chi connectivity index (χ2v) is 7.43. The number of hydrogen-bond donors (Lipinski definition) is 0. The van der Waals surface area contributed by atoms with Gasteiger partial charge in [0, 0.05) is 17.2 Å². The summed E-state index contributed by atoms with van der Waals surface area (Å²) >= 11 is -1.37. The number of hydrogen-bond acceptors (Lipinski definition) is 3. The Morgan fingerprint density at radius 2 is 2.17 bits per heavy atom. The molecule has 0 saturated heterocycles. The third-order valence-corrected chi connectivity index (χ3v) is 4.06. The number of pyridine rings is 1. The summed E-state index contributed by atoms with van der Waals surface area (Å²) in [4.78, 5) is 4.06. The zero-order valence-electron chi connectivity index (χ0n) is 10.8. The van der Waals surface area contributed by atoms with E-state index in [1.807, 2.05) is 20.8 Å². The van der Waals surface area contributed by atoms with Gasteiger partial charge in [0.05, 0.1) is 12.4 Å². The average molecular weight is 268 g/mol. The van der Waals surface area contributed by atoms with Crippen LogP contribution in [0.25, 0.3) is 0 Å². The second-order valence-electron chi connectivity index (χ2n) is 5.50. The van der Waals surface area contributed by atoms with Gasteiger partial charge in [-0.15, -0.1) is 0 Å². The molecular formula is C13H17FN2OS. The number of rotatable bonds is 3. The van der Waals surface area contributed by atoms with Crippen molar-refractivity contribution in [3.8, 4) is 0 Å². The quantitative estimate of drug-likeness (QED) is 0.625. The number of aromatic nitrogens is 1. The van der Waals surface area contributed by atoms with Gasteiger partial charge in [0.1, 0.15) is 21.9 Å². The molecule has 0 aromatic carbocycles. The maximum absolute atomic E-state index is 13.5. The van der Waals surface area contributed by atoms with Crippen LogP contribution in [-0.2, 0) is 11.4 Å². The molecule has 0 amide bonds. The lowest BCUT2D eigenvalue weighted by Gasteiger charge is -2.17. The first kappa shape index (κ1) is 13.5. The molecule has 98 valence electrons. The minimum atomic E-state index is -1.37. The Morgan fingerprint density at radius 1 is 1.50 bits per heavy atom. The van der Waals surface area contributed by atoms with Crippen LogP contribution in [0.1, 0.15) is 50.8 Å².